The predicted molar refractivity (Wildman–Crippen MR) is 103 cm³/mol. The minimum atomic E-state index is -5.54. The van der Waals surface area contributed by atoms with Gasteiger partial charge in [-0.05, 0) is 24.5 Å². The summed E-state index contributed by atoms with van der Waals surface area (Å²) in [7, 11) is -15.9. The smallest absolute Gasteiger partial charge is 0.390 e. The maximum absolute atomic E-state index is 11.9. The van der Waals surface area contributed by atoms with E-state index < -0.39 is 48.9 Å². The topological polar surface area (TPSA) is 178 Å². The molecular weight excluding hydrogens is 465 g/mol. The number of aliphatic hydroxyl groups is 1. The standard InChI is InChI=1S/C15H25O12P3/c1-3-12-5-4-6-13(8-12)9-23-28(17,18)26-30(21,22)27-29(19,20)24-10-15-14(16)7-11(2)25-15/h4-6,8,11,14-16H,3,7,9-10H2,1-2H3,(H,17,18)(H,19,20)(H,21,22)/t11-,14+,15+/m0/s1. The van der Waals surface area contributed by atoms with Crippen LogP contribution < -0.4 is 0 Å². The van der Waals surface area contributed by atoms with Gasteiger partial charge in [0.05, 0.1) is 25.4 Å². The van der Waals surface area contributed by atoms with Gasteiger partial charge in [0.2, 0.25) is 0 Å². The van der Waals surface area contributed by atoms with E-state index in [-0.39, 0.29) is 12.5 Å². The molecule has 1 aromatic rings. The Morgan fingerprint density at radius 1 is 1.03 bits per heavy atom. The Labute approximate surface area is 173 Å². The Balaban J connectivity index is 1.89. The molecule has 6 atom stereocenters. The Bertz CT molecular complexity index is 861. The van der Waals surface area contributed by atoms with Gasteiger partial charge in [0, 0.05) is 6.42 Å². The molecule has 0 aliphatic carbocycles. The van der Waals surface area contributed by atoms with Crippen LogP contribution in [0.5, 0.6) is 0 Å². The van der Waals surface area contributed by atoms with E-state index in [9.17, 15) is 33.5 Å². The maximum atomic E-state index is 11.9. The van der Waals surface area contributed by atoms with Crippen LogP contribution in [-0.2, 0) is 49.1 Å². The van der Waals surface area contributed by atoms with Crippen LogP contribution in [0.4, 0.5) is 0 Å². The van der Waals surface area contributed by atoms with Gasteiger partial charge in [-0.25, -0.2) is 13.7 Å². The third-order valence-corrected chi connectivity index (χ3v) is 8.25. The molecule has 0 spiro atoms. The van der Waals surface area contributed by atoms with E-state index >= 15 is 0 Å². The number of hydrogen-bond donors (Lipinski definition) is 4. The van der Waals surface area contributed by atoms with Gasteiger partial charge in [-0.15, -0.1) is 0 Å². The van der Waals surface area contributed by atoms with Crippen molar-refractivity contribution in [1.82, 2.24) is 0 Å². The molecule has 1 saturated heterocycles. The van der Waals surface area contributed by atoms with E-state index in [0.717, 1.165) is 5.56 Å². The second-order valence-electron chi connectivity index (χ2n) is 6.60. The number of aliphatic hydroxyl groups excluding tert-OH is 1. The minimum absolute atomic E-state index is 0.276. The van der Waals surface area contributed by atoms with Crippen LogP contribution in [0, 0.1) is 0 Å². The van der Waals surface area contributed by atoms with Crippen molar-refractivity contribution in [3.8, 4) is 0 Å². The molecule has 1 fully saturated rings. The molecule has 15 heteroatoms. The zero-order valence-corrected chi connectivity index (χ0v) is 18.9. The average Bonchev–Trinajstić information content (AvgIpc) is 2.94. The molecule has 1 aliphatic rings. The molecule has 1 aromatic carbocycles. The fourth-order valence-corrected chi connectivity index (χ4v) is 6.17. The fourth-order valence-electron chi connectivity index (χ4n) is 2.67. The zero-order valence-electron chi connectivity index (χ0n) is 16.3. The van der Waals surface area contributed by atoms with Gasteiger partial charge in [0.15, 0.2) is 0 Å². The molecule has 172 valence electrons. The van der Waals surface area contributed by atoms with Gasteiger partial charge in [0.25, 0.3) is 0 Å². The van der Waals surface area contributed by atoms with Crippen LogP contribution >= 0.6 is 23.5 Å². The first-order chi connectivity index (χ1) is 13.8. The Morgan fingerprint density at radius 2 is 1.63 bits per heavy atom. The number of ether oxygens (including phenoxy) is 1. The number of hydrogen-bond acceptors (Lipinski definition) is 9. The lowest BCUT2D eigenvalue weighted by Crippen LogP contribution is -2.26. The average molecular weight is 490 g/mol. The highest BCUT2D eigenvalue weighted by Crippen LogP contribution is 2.67. The summed E-state index contributed by atoms with van der Waals surface area (Å²) in [4.78, 5) is 28.8. The first-order valence-electron chi connectivity index (χ1n) is 8.92. The van der Waals surface area contributed by atoms with E-state index in [2.05, 4.69) is 17.7 Å². The van der Waals surface area contributed by atoms with Crippen molar-refractivity contribution < 1.29 is 55.9 Å². The Morgan fingerprint density at radius 3 is 2.20 bits per heavy atom. The normalized spacial score (nSPS) is 27.9. The molecule has 0 aromatic heterocycles. The minimum Gasteiger partial charge on any atom is -0.390 e. The van der Waals surface area contributed by atoms with Crippen LogP contribution in [0.1, 0.15) is 31.4 Å². The molecule has 3 unspecified atom stereocenters. The van der Waals surface area contributed by atoms with Crippen LogP contribution in [-0.4, -0.2) is 44.7 Å². The third kappa shape index (κ3) is 8.59. The van der Waals surface area contributed by atoms with E-state index in [0.29, 0.717) is 12.0 Å². The Hall–Kier alpha value is -0.450. The quantitative estimate of drug-likeness (QED) is 0.334. The van der Waals surface area contributed by atoms with Gasteiger partial charge in [-0.3, -0.25) is 9.05 Å². The molecule has 30 heavy (non-hydrogen) atoms. The highest BCUT2D eigenvalue weighted by Gasteiger charge is 2.43. The predicted octanol–water partition coefficient (Wildman–Crippen LogP) is 2.65. The fraction of sp³-hybridized carbons (Fsp3) is 0.600. The van der Waals surface area contributed by atoms with Crippen LogP contribution in [0.15, 0.2) is 24.3 Å². The molecule has 0 amide bonds. The summed E-state index contributed by atoms with van der Waals surface area (Å²) in [5.74, 6) is 0. The van der Waals surface area contributed by atoms with E-state index in [4.69, 9.17) is 4.74 Å². The zero-order chi connectivity index (χ0) is 22.6. The molecule has 0 radical (unpaired) electrons. The molecular formula is C15H25O12P3. The third-order valence-electron chi connectivity index (χ3n) is 4.02. The molecule has 1 heterocycles. The highest BCUT2D eigenvalue weighted by molar-refractivity contribution is 7.66. The van der Waals surface area contributed by atoms with Gasteiger partial charge in [0.1, 0.15) is 6.10 Å². The summed E-state index contributed by atoms with van der Waals surface area (Å²) in [6.07, 6.45) is -1.23. The maximum Gasteiger partial charge on any atom is 0.490 e. The van der Waals surface area contributed by atoms with Gasteiger partial charge in [-0.2, -0.15) is 8.62 Å². The molecule has 0 bridgehead atoms. The van der Waals surface area contributed by atoms with Gasteiger partial charge < -0.3 is 24.5 Å². The summed E-state index contributed by atoms with van der Waals surface area (Å²) in [5.41, 5.74) is 1.44. The van der Waals surface area contributed by atoms with Crippen molar-refractivity contribution >= 4 is 23.5 Å². The van der Waals surface area contributed by atoms with Crippen molar-refractivity contribution in [3.05, 3.63) is 35.4 Å². The van der Waals surface area contributed by atoms with Crippen molar-refractivity contribution in [3.63, 3.8) is 0 Å². The molecule has 4 N–H and O–H groups in total. The number of phosphoric acid groups is 3. The van der Waals surface area contributed by atoms with E-state index in [1.165, 1.54) is 0 Å². The van der Waals surface area contributed by atoms with E-state index in [1.807, 2.05) is 13.0 Å². The van der Waals surface area contributed by atoms with Gasteiger partial charge in [-0.1, -0.05) is 31.2 Å². The van der Waals surface area contributed by atoms with Crippen molar-refractivity contribution in [2.24, 2.45) is 0 Å². The monoisotopic (exact) mass is 490 g/mol. The first-order valence-corrected chi connectivity index (χ1v) is 13.4. The van der Waals surface area contributed by atoms with Gasteiger partial charge >= 0.3 is 23.5 Å². The lowest BCUT2D eigenvalue weighted by atomic mass is 10.1. The van der Waals surface area contributed by atoms with Crippen LogP contribution in [0.2, 0.25) is 0 Å². The number of aryl methyl sites for hydroxylation is 1. The van der Waals surface area contributed by atoms with Crippen molar-refractivity contribution in [1.29, 1.82) is 0 Å². The lowest BCUT2D eigenvalue weighted by molar-refractivity contribution is -0.0167. The van der Waals surface area contributed by atoms with Crippen molar-refractivity contribution in [2.45, 2.75) is 51.6 Å². The number of benzene rings is 1. The SMILES string of the molecule is CCc1cccc(COP(=O)(O)OP(=O)(O)OP(=O)(O)OC[C@H]2O[C@@H](C)C[C@H]2O)c1. The molecule has 2 rings (SSSR count). The largest absolute Gasteiger partial charge is 0.490 e. The second kappa shape index (κ2) is 10.4. The number of phosphoric ester groups is 2. The summed E-state index contributed by atoms with van der Waals surface area (Å²) in [5, 5.41) is 9.70. The lowest BCUT2D eigenvalue weighted by Gasteiger charge is -2.20. The second-order valence-corrected chi connectivity index (χ2v) is 11.2. The summed E-state index contributed by atoms with van der Waals surface area (Å²) in [6.45, 7) is 2.53. The number of rotatable bonds is 11. The van der Waals surface area contributed by atoms with Crippen LogP contribution in [0.3, 0.4) is 0 Å². The molecule has 12 nitrogen and oxygen atoms in total. The molecule has 0 saturated carbocycles. The van der Waals surface area contributed by atoms with Crippen molar-refractivity contribution in [2.75, 3.05) is 6.61 Å². The molecule has 1 aliphatic heterocycles. The summed E-state index contributed by atoms with van der Waals surface area (Å²) in [6, 6.07) is 6.84. The summed E-state index contributed by atoms with van der Waals surface area (Å²) < 4.78 is 58.1. The first kappa shape index (κ1) is 25.8. The highest BCUT2D eigenvalue weighted by atomic mass is 31.3. The Kier molecular flexibility index (Phi) is 8.98. The van der Waals surface area contributed by atoms with E-state index in [1.54, 1.807) is 25.1 Å². The summed E-state index contributed by atoms with van der Waals surface area (Å²) >= 11 is 0. The van der Waals surface area contributed by atoms with Crippen LogP contribution in [0.25, 0.3) is 0 Å².